The molecule has 1 amide bonds. The van der Waals surface area contributed by atoms with Gasteiger partial charge in [0.1, 0.15) is 0 Å². The highest BCUT2D eigenvalue weighted by Gasteiger charge is 2.67. The third-order valence-electron chi connectivity index (χ3n) is 10.3. The van der Waals surface area contributed by atoms with Crippen LogP contribution in [0.25, 0.3) is 0 Å². The van der Waals surface area contributed by atoms with E-state index in [4.69, 9.17) is 4.74 Å². The Morgan fingerprint density at radius 3 is 2.60 bits per heavy atom. The molecule has 5 heteroatoms. The summed E-state index contributed by atoms with van der Waals surface area (Å²) < 4.78 is 5.47. The van der Waals surface area contributed by atoms with Gasteiger partial charge in [0.05, 0.1) is 24.7 Å². The fourth-order valence-electron chi connectivity index (χ4n) is 8.40. The number of carbonyl (C=O) groups is 2. The first-order chi connectivity index (χ1) is 14.2. The summed E-state index contributed by atoms with van der Waals surface area (Å²) in [6.07, 6.45) is 7.64. The van der Waals surface area contributed by atoms with Crippen LogP contribution in [0.4, 0.5) is 0 Å². The fraction of sp³-hybridized carbons (Fsp3) is 0.840. The fourth-order valence-corrected chi connectivity index (χ4v) is 8.40. The number of amides is 1. The molecule has 0 aromatic carbocycles. The second-order valence-electron chi connectivity index (χ2n) is 11.4. The van der Waals surface area contributed by atoms with Gasteiger partial charge in [-0.05, 0) is 73.2 Å². The lowest BCUT2D eigenvalue weighted by molar-refractivity contribution is -0.170. The zero-order chi connectivity index (χ0) is 21.3. The van der Waals surface area contributed by atoms with Crippen molar-refractivity contribution >= 4 is 11.7 Å². The molecule has 166 valence electrons. The molecule has 1 aliphatic heterocycles. The maximum Gasteiger partial charge on any atom is 0.229 e. The molecule has 1 N–H and O–H groups in total. The molecule has 0 spiro atoms. The third-order valence-corrected chi connectivity index (χ3v) is 10.3. The average molecular weight is 416 g/mol. The van der Waals surface area contributed by atoms with Gasteiger partial charge >= 0.3 is 0 Å². The maximum absolute atomic E-state index is 13.7. The van der Waals surface area contributed by atoms with E-state index in [0.717, 1.165) is 32.1 Å². The number of ether oxygens (including phenoxy) is 1. The van der Waals surface area contributed by atoms with E-state index in [1.54, 1.807) is 0 Å². The summed E-state index contributed by atoms with van der Waals surface area (Å²) in [5.41, 5.74) is 0.615. The van der Waals surface area contributed by atoms with Gasteiger partial charge in [-0.1, -0.05) is 26.3 Å². The number of fused-ring (bicyclic) bond motifs is 5. The molecule has 0 radical (unpaired) electrons. The minimum absolute atomic E-state index is 0.0647. The van der Waals surface area contributed by atoms with E-state index in [0.29, 0.717) is 51.0 Å². The molecule has 5 unspecified atom stereocenters. The van der Waals surface area contributed by atoms with Crippen molar-refractivity contribution in [2.75, 3.05) is 26.3 Å². The molecule has 4 aliphatic carbocycles. The number of allylic oxidation sites excluding steroid dienone is 1. The quantitative estimate of drug-likeness (QED) is 0.713. The van der Waals surface area contributed by atoms with Gasteiger partial charge in [-0.15, -0.1) is 0 Å². The van der Waals surface area contributed by atoms with Gasteiger partial charge in [-0.3, -0.25) is 9.59 Å². The van der Waals surface area contributed by atoms with E-state index >= 15 is 0 Å². The van der Waals surface area contributed by atoms with Crippen molar-refractivity contribution in [3.63, 3.8) is 0 Å². The molecule has 1 heterocycles. The van der Waals surface area contributed by atoms with Gasteiger partial charge in [-0.25, -0.2) is 0 Å². The van der Waals surface area contributed by atoms with Crippen LogP contribution < -0.4 is 0 Å². The van der Waals surface area contributed by atoms with Crippen molar-refractivity contribution in [3.8, 4) is 0 Å². The van der Waals surface area contributed by atoms with Gasteiger partial charge in [0.25, 0.3) is 0 Å². The van der Waals surface area contributed by atoms with E-state index in [9.17, 15) is 14.7 Å². The summed E-state index contributed by atoms with van der Waals surface area (Å²) in [4.78, 5) is 27.8. The maximum atomic E-state index is 13.7. The number of hydrogen-bond donors (Lipinski definition) is 1. The van der Waals surface area contributed by atoms with E-state index in [1.165, 1.54) is 5.57 Å². The first kappa shape index (κ1) is 20.7. The minimum Gasteiger partial charge on any atom is -0.393 e. The molecule has 1 saturated heterocycles. The van der Waals surface area contributed by atoms with Crippen LogP contribution in [0.1, 0.15) is 65.7 Å². The van der Waals surface area contributed by atoms with Crippen LogP contribution in [-0.4, -0.2) is 54.1 Å². The van der Waals surface area contributed by atoms with E-state index in [2.05, 4.69) is 20.8 Å². The predicted molar refractivity (Wildman–Crippen MR) is 114 cm³/mol. The Morgan fingerprint density at radius 1 is 1.13 bits per heavy atom. The molecular weight excluding hydrogens is 378 g/mol. The number of morpholine rings is 1. The Bertz CT molecular complexity index is 786. The van der Waals surface area contributed by atoms with E-state index in [1.807, 2.05) is 11.0 Å². The lowest BCUT2D eigenvalue weighted by Gasteiger charge is -2.61. The second kappa shape index (κ2) is 6.90. The predicted octanol–water partition coefficient (Wildman–Crippen LogP) is 3.35. The summed E-state index contributed by atoms with van der Waals surface area (Å²) >= 11 is 0. The van der Waals surface area contributed by atoms with Gasteiger partial charge in [-0.2, -0.15) is 0 Å². The molecule has 5 aliphatic rings. The summed E-state index contributed by atoms with van der Waals surface area (Å²) in [5.74, 6) is 1.64. The number of hydrogen-bond acceptors (Lipinski definition) is 4. The van der Waals surface area contributed by atoms with Crippen molar-refractivity contribution < 1.29 is 19.4 Å². The molecular formula is C25H37NO4. The van der Waals surface area contributed by atoms with Crippen molar-refractivity contribution in [2.24, 2.45) is 34.0 Å². The zero-order valence-corrected chi connectivity index (χ0v) is 18.8. The molecule has 5 rings (SSSR count). The Hall–Kier alpha value is -1.20. The van der Waals surface area contributed by atoms with Gasteiger partial charge in [0, 0.05) is 19.5 Å². The van der Waals surface area contributed by atoms with Crippen LogP contribution >= 0.6 is 0 Å². The highest BCUT2D eigenvalue weighted by atomic mass is 16.5. The van der Waals surface area contributed by atoms with Gasteiger partial charge < -0.3 is 14.7 Å². The number of carbonyl (C=O) groups excluding carboxylic acids is 2. The molecule has 4 fully saturated rings. The van der Waals surface area contributed by atoms with Crippen molar-refractivity contribution in [1.82, 2.24) is 4.90 Å². The lowest BCUT2D eigenvalue weighted by atomic mass is 9.44. The van der Waals surface area contributed by atoms with Crippen LogP contribution in [0.15, 0.2) is 11.6 Å². The Balaban J connectivity index is 1.47. The zero-order valence-electron chi connectivity index (χ0n) is 18.8. The first-order valence-corrected chi connectivity index (χ1v) is 12.0. The molecule has 30 heavy (non-hydrogen) atoms. The summed E-state index contributed by atoms with van der Waals surface area (Å²) in [5, 5.41) is 11.6. The normalized spacial score (nSPS) is 48.5. The van der Waals surface area contributed by atoms with Crippen molar-refractivity contribution in [2.45, 2.75) is 71.8 Å². The standard InChI is InChI=1S/C25H37NO4/c1-23-8-6-17(27)14-16(23)4-5-18-19-7-9-24(2,22(29)26-10-12-30-13-11-26)25(19,3)15-20(28)21(18)23/h14,18-21,28H,4-13,15H2,1-3H3/t18?,19?,20-,21?,23?,24+,25?/m0/s1. The summed E-state index contributed by atoms with van der Waals surface area (Å²) in [6, 6.07) is 0. The topological polar surface area (TPSA) is 66.8 Å². The monoisotopic (exact) mass is 415 g/mol. The Kier molecular flexibility index (Phi) is 4.76. The van der Waals surface area contributed by atoms with Gasteiger partial charge in [0.2, 0.25) is 5.91 Å². The number of aliphatic hydroxyl groups excluding tert-OH is 1. The van der Waals surface area contributed by atoms with E-state index < -0.39 is 11.5 Å². The number of ketones is 1. The van der Waals surface area contributed by atoms with Crippen LogP contribution in [0.2, 0.25) is 0 Å². The summed E-state index contributed by atoms with van der Waals surface area (Å²) in [7, 11) is 0. The van der Waals surface area contributed by atoms with Crippen molar-refractivity contribution in [3.05, 3.63) is 11.6 Å². The molecule has 5 nitrogen and oxygen atoms in total. The SMILES string of the molecule is CC12CCC(=O)C=C1CCC1C2[C@@H](O)CC2(C)C1CC[C@]2(C)C(=O)N1CCOCC1. The van der Waals surface area contributed by atoms with E-state index in [-0.39, 0.29) is 28.4 Å². The largest absolute Gasteiger partial charge is 0.393 e. The molecule has 3 saturated carbocycles. The smallest absolute Gasteiger partial charge is 0.229 e. The van der Waals surface area contributed by atoms with Crippen LogP contribution in [0.5, 0.6) is 0 Å². The number of rotatable bonds is 1. The molecule has 0 bridgehead atoms. The average Bonchev–Trinajstić information content (AvgIpc) is 3.00. The Morgan fingerprint density at radius 2 is 1.87 bits per heavy atom. The highest BCUT2D eigenvalue weighted by Crippen LogP contribution is 2.70. The Labute approximate surface area is 180 Å². The minimum atomic E-state index is -0.416. The number of nitrogens with zero attached hydrogens (tertiary/aromatic N) is 1. The first-order valence-electron chi connectivity index (χ1n) is 12.0. The lowest BCUT2D eigenvalue weighted by Crippen LogP contribution is -2.60. The third kappa shape index (κ3) is 2.67. The molecule has 0 aromatic rings. The summed E-state index contributed by atoms with van der Waals surface area (Å²) in [6.45, 7) is 9.38. The highest BCUT2D eigenvalue weighted by molar-refractivity contribution is 5.91. The molecule has 0 aromatic heterocycles. The van der Waals surface area contributed by atoms with Gasteiger partial charge in [0.15, 0.2) is 5.78 Å². The van der Waals surface area contributed by atoms with Crippen LogP contribution in [-0.2, 0) is 14.3 Å². The van der Waals surface area contributed by atoms with Crippen LogP contribution in [0, 0.1) is 34.0 Å². The molecule has 7 atom stereocenters. The number of aliphatic hydroxyl groups is 1. The van der Waals surface area contributed by atoms with Crippen LogP contribution in [0.3, 0.4) is 0 Å². The second-order valence-corrected chi connectivity index (χ2v) is 11.4. The van der Waals surface area contributed by atoms with Crippen molar-refractivity contribution in [1.29, 1.82) is 0 Å².